The topological polar surface area (TPSA) is 6.25 Å². The van der Waals surface area contributed by atoms with Crippen LogP contribution in [-0.4, -0.2) is 30.9 Å². The lowest BCUT2D eigenvalue weighted by atomic mass is 9.91. The molecule has 2 atom stereocenters. The molecular weight excluding hydrogens is 244 g/mol. The second-order valence-corrected chi connectivity index (χ2v) is 5.67. The molecule has 0 N–H and O–H groups in total. The van der Waals surface area contributed by atoms with Crippen molar-refractivity contribution in [3.8, 4) is 0 Å². The van der Waals surface area contributed by atoms with E-state index in [1.165, 1.54) is 22.5 Å². The third-order valence-electron chi connectivity index (χ3n) is 4.54. The molecular formula is C18H18N2+. The van der Waals surface area contributed by atoms with Gasteiger partial charge in [-0.1, -0.05) is 36.4 Å². The monoisotopic (exact) mass is 262 g/mol. The van der Waals surface area contributed by atoms with E-state index in [1.807, 2.05) is 0 Å². The Hall–Kier alpha value is -2.09. The molecule has 2 aromatic rings. The van der Waals surface area contributed by atoms with Crippen molar-refractivity contribution in [1.29, 1.82) is 0 Å². The lowest BCUT2D eigenvalue weighted by molar-refractivity contribution is -0.396. The van der Waals surface area contributed by atoms with Gasteiger partial charge in [-0.15, -0.1) is 0 Å². The van der Waals surface area contributed by atoms with Crippen LogP contribution in [0.3, 0.4) is 0 Å². The fourth-order valence-electron chi connectivity index (χ4n) is 3.51. The molecule has 0 spiro atoms. The predicted molar refractivity (Wildman–Crippen MR) is 83.1 cm³/mol. The van der Waals surface area contributed by atoms with Crippen LogP contribution in [0.5, 0.6) is 0 Å². The van der Waals surface area contributed by atoms with Gasteiger partial charge in [0.15, 0.2) is 6.21 Å². The summed E-state index contributed by atoms with van der Waals surface area (Å²) in [6, 6.07) is 17.8. The second-order valence-electron chi connectivity index (χ2n) is 5.67. The quantitative estimate of drug-likeness (QED) is 0.715. The van der Waals surface area contributed by atoms with Crippen LogP contribution < -0.4 is 4.90 Å². The zero-order valence-electron chi connectivity index (χ0n) is 11.8. The lowest BCUT2D eigenvalue weighted by Gasteiger charge is -2.25. The van der Waals surface area contributed by atoms with Crippen molar-refractivity contribution in [2.45, 2.75) is 12.0 Å². The minimum absolute atomic E-state index is 0.401. The highest BCUT2D eigenvalue weighted by Gasteiger charge is 2.40. The fourth-order valence-corrected chi connectivity index (χ4v) is 3.51. The van der Waals surface area contributed by atoms with Gasteiger partial charge >= 0.3 is 0 Å². The average molecular weight is 262 g/mol. The van der Waals surface area contributed by atoms with Gasteiger partial charge in [0.2, 0.25) is 5.69 Å². The lowest BCUT2D eigenvalue weighted by Crippen LogP contribution is -2.33. The van der Waals surface area contributed by atoms with Gasteiger partial charge in [0, 0.05) is 30.8 Å². The Balaban J connectivity index is 1.75. The molecule has 0 saturated carbocycles. The van der Waals surface area contributed by atoms with E-state index in [4.69, 9.17) is 0 Å². The molecule has 2 unspecified atom stereocenters. The predicted octanol–water partition coefficient (Wildman–Crippen LogP) is 3.20. The average Bonchev–Trinajstić information content (AvgIpc) is 2.99. The molecule has 2 heterocycles. The molecule has 0 bridgehead atoms. The SMILES string of the molecule is CN1c2ccccc2[CH]C1C1C=[N+](C)c2ccccc21. The number of hydrogen-bond acceptors (Lipinski definition) is 1. The van der Waals surface area contributed by atoms with Crippen LogP contribution in [0.1, 0.15) is 17.0 Å². The number of benzene rings is 2. The maximum atomic E-state index is 2.40. The van der Waals surface area contributed by atoms with Crippen molar-refractivity contribution in [1.82, 2.24) is 0 Å². The van der Waals surface area contributed by atoms with Gasteiger partial charge in [-0.25, -0.2) is 4.58 Å². The minimum atomic E-state index is 0.401. The van der Waals surface area contributed by atoms with Crippen LogP contribution in [0.15, 0.2) is 48.5 Å². The maximum absolute atomic E-state index is 2.40. The number of hydrogen-bond donors (Lipinski definition) is 0. The summed E-state index contributed by atoms with van der Waals surface area (Å²) in [5.41, 5.74) is 5.43. The van der Waals surface area contributed by atoms with Gasteiger partial charge in [0.25, 0.3) is 0 Å². The van der Waals surface area contributed by atoms with Gasteiger partial charge in [-0.2, -0.15) is 0 Å². The summed E-state index contributed by atoms with van der Waals surface area (Å²) in [5.74, 6) is 0.425. The van der Waals surface area contributed by atoms with E-state index in [2.05, 4.69) is 84.7 Å². The van der Waals surface area contributed by atoms with Crippen molar-refractivity contribution in [3.63, 3.8) is 0 Å². The molecule has 0 saturated heterocycles. The van der Waals surface area contributed by atoms with E-state index in [0.717, 1.165) is 0 Å². The molecule has 1 radical (unpaired) electrons. The summed E-state index contributed by atoms with van der Waals surface area (Å²) in [4.78, 5) is 2.40. The van der Waals surface area contributed by atoms with Crippen molar-refractivity contribution in [2.75, 3.05) is 19.0 Å². The van der Waals surface area contributed by atoms with Crippen LogP contribution in [0, 0.1) is 6.42 Å². The van der Waals surface area contributed by atoms with Gasteiger partial charge in [0.05, 0.1) is 12.0 Å². The number of nitrogens with zero attached hydrogens (tertiary/aromatic N) is 2. The Labute approximate surface area is 120 Å². The molecule has 0 amide bonds. The second kappa shape index (κ2) is 4.20. The molecule has 2 heteroatoms. The van der Waals surface area contributed by atoms with Crippen LogP contribution in [-0.2, 0) is 0 Å². The van der Waals surface area contributed by atoms with E-state index in [-0.39, 0.29) is 0 Å². The molecule has 2 aliphatic heterocycles. The maximum Gasteiger partial charge on any atom is 0.208 e. The summed E-state index contributed by atoms with van der Waals surface area (Å²) in [6.07, 6.45) is 4.74. The highest BCUT2D eigenvalue weighted by atomic mass is 15.2. The van der Waals surface area contributed by atoms with Crippen LogP contribution in [0.2, 0.25) is 0 Å². The van der Waals surface area contributed by atoms with Crippen molar-refractivity contribution < 1.29 is 4.58 Å². The summed E-state index contributed by atoms with van der Waals surface area (Å²) < 4.78 is 2.25. The van der Waals surface area contributed by atoms with Crippen molar-refractivity contribution >= 4 is 17.6 Å². The number of likely N-dealkylation sites (N-methyl/N-ethyl adjacent to an activating group) is 1. The molecule has 99 valence electrons. The Morgan fingerprint density at radius 3 is 2.60 bits per heavy atom. The largest absolute Gasteiger partial charge is 0.370 e. The first-order chi connectivity index (χ1) is 9.75. The molecule has 4 rings (SSSR count). The zero-order chi connectivity index (χ0) is 13.7. The molecule has 2 aromatic carbocycles. The van der Waals surface area contributed by atoms with Crippen LogP contribution in [0.4, 0.5) is 11.4 Å². The third-order valence-corrected chi connectivity index (χ3v) is 4.54. The van der Waals surface area contributed by atoms with Crippen molar-refractivity contribution in [2.24, 2.45) is 0 Å². The van der Waals surface area contributed by atoms with Crippen LogP contribution >= 0.6 is 0 Å². The van der Waals surface area contributed by atoms with Gasteiger partial charge < -0.3 is 4.90 Å². The van der Waals surface area contributed by atoms with E-state index in [1.54, 1.807) is 0 Å². The number of fused-ring (bicyclic) bond motifs is 2. The standard InChI is InChI=1S/C18H18N2/c1-19-12-15(14-8-4-6-10-17(14)19)18-11-13-7-3-5-9-16(13)20(18)2/h3-12,15,18H,1-2H3/q+1. The Morgan fingerprint density at radius 2 is 1.75 bits per heavy atom. The molecule has 0 fully saturated rings. The van der Waals surface area contributed by atoms with E-state index < -0.39 is 0 Å². The first-order valence-corrected chi connectivity index (χ1v) is 7.09. The molecule has 2 nitrogen and oxygen atoms in total. The summed E-state index contributed by atoms with van der Waals surface area (Å²) >= 11 is 0. The van der Waals surface area contributed by atoms with E-state index in [0.29, 0.717) is 12.0 Å². The first kappa shape index (κ1) is 11.7. The van der Waals surface area contributed by atoms with E-state index in [9.17, 15) is 0 Å². The van der Waals surface area contributed by atoms with Gasteiger partial charge in [0.1, 0.15) is 7.05 Å². The molecule has 0 aromatic heterocycles. The van der Waals surface area contributed by atoms with Crippen molar-refractivity contribution in [3.05, 3.63) is 66.1 Å². The number of para-hydroxylation sites is 2. The summed E-state index contributed by atoms with van der Waals surface area (Å²) in [5, 5.41) is 0. The number of rotatable bonds is 1. The van der Waals surface area contributed by atoms with Gasteiger partial charge in [-0.3, -0.25) is 0 Å². The van der Waals surface area contributed by atoms with Gasteiger partial charge in [-0.05, 0) is 11.6 Å². The zero-order valence-corrected chi connectivity index (χ0v) is 11.8. The Morgan fingerprint density at radius 1 is 1.00 bits per heavy atom. The molecule has 0 aliphatic carbocycles. The van der Waals surface area contributed by atoms with Crippen LogP contribution in [0.25, 0.3) is 0 Å². The Kier molecular flexibility index (Phi) is 2.46. The summed E-state index contributed by atoms with van der Waals surface area (Å²) in [6.45, 7) is 0. The molecule has 2 aliphatic rings. The smallest absolute Gasteiger partial charge is 0.208 e. The number of anilines is 1. The minimum Gasteiger partial charge on any atom is -0.370 e. The highest BCUT2D eigenvalue weighted by molar-refractivity contribution is 5.78. The highest BCUT2D eigenvalue weighted by Crippen LogP contribution is 2.42. The fraction of sp³-hybridized carbons (Fsp3) is 0.222. The third kappa shape index (κ3) is 1.54. The normalized spacial score (nSPS) is 23.5. The Bertz CT molecular complexity index is 702. The summed E-state index contributed by atoms with van der Waals surface area (Å²) in [7, 11) is 4.34. The first-order valence-electron chi connectivity index (χ1n) is 7.09. The molecule has 20 heavy (non-hydrogen) atoms. The van der Waals surface area contributed by atoms with E-state index >= 15 is 0 Å².